The molecule has 3 N–H and O–H groups in total. The highest BCUT2D eigenvalue weighted by atomic mass is 31.2. The molecule has 0 aliphatic carbocycles. The minimum absolute atomic E-state index is 0.107. The van der Waals surface area contributed by atoms with Crippen LogP contribution in [-0.4, -0.2) is 96.7 Å². The molecule has 97 heavy (non-hydrogen) atoms. The number of unbranched alkanes of at least 4 members (excludes halogenated alkanes) is 46. The number of hydrogen-bond acceptors (Lipinski definition) is 15. The minimum atomic E-state index is -4.96. The van der Waals surface area contributed by atoms with Crippen LogP contribution >= 0.6 is 15.6 Å². The van der Waals surface area contributed by atoms with Crippen molar-refractivity contribution in [2.75, 3.05) is 39.6 Å². The van der Waals surface area contributed by atoms with Crippen molar-refractivity contribution in [1.82, 2.24) is 0 Å². The highest BCUT2D eigenvalue weighted by Gasteiger charge is 2.30. The lowest BCUT2D eigenvalue weighted by Gasteiger charge is -2.21. The summed E-state index contributed by atoms with van der Waals surface area (Å²) in [6.45, 7) is 9.62. The monoisotopic (exact) mass is 1420 g/mol. The molecule has 0 aliphatic heterocycles. The molecule has 0 spiro atoms. The minimum Gasteiger partial charge on any atom is -0.462 e. The number of aliphatic hydroxyl groups excluding tert-OH is 1. The van der Waals surface area contributed by atoms with Crippen LogP contribution in [0, 0.1) is 11.8 Å². The maximum Gasteiger partial charge on any atom is 0.472 e. The van der Waals surface area contributed by atoms with Crippen LogP contribution in [0.1, 0.15) is 408 Å². The zero-order chi connectivity index (χ0) is 71.4. The van der Waals surface area contributed by atoms with Crippen molar-refractivity contribution in [2.45, 2.75) is 426 Å². The first-order chi connectivity index (χ1) is 46.9. The fraction of sp³-hybridized carbons (Fsp3) is 0.949. The second-order valence-corrected chi connectivity index (χ2v) is 31.7. The van der Waals surface area contributed by atoms with Gasteiger partial charge in [0.1, 0.15) is 19.3 Å². The summed E-state index contributed by atoms with van der Waals surface area (Å²) in [4.78, 5) is 72.9. The van der Waals surface area contributed by atoms with Crippen LogP contribution in [0.5, 0.6) is 0 Å². The number of carbonyl (C=O) groups excluding carboxylic acids is 4. The van der Waals surface area contributed by atoms with E-state index >= 15 is 0 Å². The van der Waals surface area contributed by atoms with Gasteiger partial charge in [-0.15, -0.1) is 0 Å². The summed E-state index contributed by atoms with van der Waals surface area (Å²) in [5.74, 6) is -0.560. The zero-order valence-corrected chi connectivity index (χ0v) is 65.2. The molecule has 0 aromatic rings. The van der Waals surface area contributed by atoms with Crippen molar-refractivity contribution in [1.29, 1.82) is 0 Å². The number of esters is 4. The second kappa shape index (κ2) is 69.8. The van der Waals surface area contributed by atoms with E-state index in [1.165, 1.54) is 218 Å². The number of hydrogen-bond donors (Lipinski definition) is 3. The molecule has 0 bridgehead atoms. The van der Waals surface area contributed by atoms with Crippen LogP contribution in [0.3, 0.4) is 0 Å². The first kappa shape index (κ1) is 95.1. The Morgan fingerprint density at radius 1 is 0.299 bits per heavy atom. The number of carbonyl (C=O) groups is 4. The standard InChI is InChI=1S/C78H152O17P2/c1-7-10-12-14-16-18-20-22-24-29-32-36-42-48-54-60-75(80)88-66-73(94-77(82)63-57-51-44-38-34-30-26-25-27-31-35-41-47-53-59-71(6)9-3)68-92-96(84,85)90-64-72(79)65-91-97(86,87)93-69-74(67-89-76(81)61-55-49-45-39-40-46-52-58-70(4)5)95-78(83)62-56-50-43-37-33-28-23-21-19-17-15-13-11-8-2/h70-74,79H,7-69H2,1-6H3,(H,84,85)(H,86,87)/t71?,72-,73-,74-/m1/s1. The summed E-state index contributed by atoms with van der Waals surface area (Å²) < 4.78 is 68.6. The molecule has 0 amide bonds. The van der Waals surface area contributed by atoms with E-state index in [1.54, 1.807) is 0 Å². The fourth-order valence-corrected chi connectivity index (χ4v) is 13.6. The van der Waals surface area contributed by atoms with Gasteiger partial charge in [0.15, 0.2) is 12.2 Å². The molecule has 0 saturated heterocycles. The Labute approximate surface area is 594 Å². The SMILES string of the molecule is CCCCCCCCCCCCCCCCCC(=O)OC[C@H](COP(=O)(O)OC[C@@H](O)COP(=O)(O)OC[C@@H](COC(=O)CCCCCCCCCC(C)C)OC(=O)CCCCCCCCCCCCCCCC)OC(=O)CCCCCCCCCCCCCCCCC(C)CC. The highest BCUT2D eigenvalue weighted by molar-refractivity contribution is 7.47. The second-order valence-electron chi connectivity index (χ2n) is 28.8. The van der Waals surface area contributed by atoms with Gasteiger partial charge in [-0.25, -0.2) is 9.13 Å². The first-order valence-corrected chi connectivity index (χ1v) is 43.5. The van der Waals surface area contributed by atoms with Gasteiger partial charge in [-0.2, -0.15) is 0 Å². The largest absolute Gasteiger partial charge is 0.472 e. The lowest BCUT2D eigenvalue weighted by molar-refractivity contribution is -0.161. The van der Waals surface area contributed by atoms with Crippen molar-refractivity contribution < 1.29 is 80.2 Å². The van der Waals surface area contributed by atoms with E-state index in [1.807, 2.05) is 0 Å². The number of ether oxygens (including phenoxy) is 4. The molecular weight excluding hydrogens is 1270 g/mol. The Bertz CT molecular complexity index is 1870. The molecule has 3 unspecified atom stereocenters. The Morgan fingerprint density at radius 2 is 0.526 bits per heavy atom. The van der Waals surface area contributed by atoms with Gasteiger partial charge in [0.05, 0.1) is 26.4 Å². The predicted octanol–water partition coefficient (Wildman–Crippen LogP) is 23.1. The Morgan fingerprint density at radius 3 is 0.784 bits per heavy atom. The fourth-order valence-electron chi connectivity index (χ4n) is 12.0. The summed E-state index contributed by atoms with van der Waals surface area (Å²) in [7, 11) is -9.91. The normalized spacial score (nSPS) is 14.2. The molecule has 0 rings (SSSR count). The van der Waals surface area contributed by atoms with Crippen LogP contribution in [0.2, 0.25) is 0 Å². The lowest BCUT2D eigenvalue weighted by atomic mass is 9.99. The van der Waals surface area contributed by atoms with Crippen molar-refractivity contribution in [3.63, 3.8) is 0 Å². The summed E-state index contributed by atoms with van der Waals surface area (Å²) >= 11 is 0. The number of phosphoric ester groups is 2. The highest BCUT2D eigenvalue weighted by Crippen LogP contribution is 2.45. The molecule has 0 radical (unpaired) electrons. The Kier molecular flexibility index (Phi) is 68.4. The molecule has 0 fully saturated rings. The third-order valence-electron chi connectivity index (χ3n) is 18.6. The lowest BCUT2D eigenvalue weighted by Crippen LogP contribution is -2.30. The molecule has 19 heteroatoms. The molecule has 17 nitrogen and oxygen atoms in total. The van der Waals surface area contributed by atoms with Crippen LogP contribution in [0.25, 0.3) is 0 Å². The summed E-state index contributed by atoms with van der Waals surface area (Å²) in [6, 6.07) is 0. The van der Waals surface area contributed by atoms with Crippen molar-refractivity contribution >= 4 is 39.5 Å². The predicted molar refractivity (Wildman–Crippen MR) is 395 cm³/mol. The molecule has 6 atom stereocenters. The van der Waals surface area contributed by atoms with E-state index < -0.39 is 97.5 Å². The van der Waals surface area contributed by atoms with Gasteiger partial charge in [-0.1, -0.05) is 356 Å². The average molecular weight is 1420 g/mol. The van der Waals surface area contributed by atoms with Gasteiger partial charge in [0, 0.05) is 25.7 Å². The third-order valence-corrected chi connectivity index (χ3v) is 20.5. The van der Waals surface area contributed by atoms with Crippen molar-refractivity contribution in [2.24, 2.45) is 11.8 Å². The van der Waals surface area contributed by atoms with E-state index in [9.17, 15) is 43.2 Å². The molecule has 0 aliphatic rings. The summed E-state index contributed by atoms with van der Waals surface area (Å²) in [5.41, 5.74) is 0. The topological polar surface area (TPSA) is 237 Å². The van der Waals surface area contributed by atoms with Crippen LogP contribution < -0.4 is 0 Å². The van der Waals surface area contributed by atoms with E-state index in [-0.39, 0.29) is 25.7 Å². The quantitative estimate of drug-likeness (QED) is 0.0222. The van der Waals surface area contributed by atoms with Crippen molar-refractivity contribution in [3.05, 3.63) is 0 Å². The molecule has 0 aromatic heterocycles. The molecule has 576 valence electrons. The number of phosphoric acid groups is 2. The van der Waals surface area contributed by atoms with Gasteiger partial charge in [-0.05, 0) is 37.5 Å². The molecule has 0 heterocycles. The van der Waals surface area contributed by atoms with E-state index in [2.05, 4.69) is 41.5 Å². The Hall–Kier alpha value is -1.94. The van der Waals surface area contributed by atoms with Gasteiger partial charge >= 0.3 is 39.5 Å². The van der Waals surface area contributed by atoms with Crippen LogP contribution in [0.4, 0.5) is 0 Å². The number of aliphatic hydroxyl groups is 1. The van der Waals surface area contributed by atoms with E-state index in [0.717, 1.165) is 102 Å². The van der Waals surface area contributed by atoms with Crippen LogP contribution in [-0.2, 0) is 65.4 Å². The maximum atomic E-state index is 13.1. The van der Waals surface area contributed by atoms with Crippen molar-refractivity contribution in [3.8, 4) is 0 Å². The zero-order valence-electron chi connectivity index (χ0n) is 63.4. The summed E-state index contributed by atoms with van der Waals surface area (Å²) in [5, 5.41) is 10.6. The number of rotatable bonds is 77. The van der Waals surface area contributed by atoms with Gasteiger partial charge < -0.3 is 33.8 Å². The van der Waals surface area contributed by atoms with Crippen LogP contribution in [0.15, 0.2) is 0 Å². The maximum absolute atomic E-state index is 13.1. The molecule has 0 saturated carbocycles. The smallest absolute Gasteiger partial charge is 0.462 e. The summed E-state index contributed by atoms with van der Waals surface area (Å²) in [6.07, 6.45) is 58.2. The van der Waals surface area contributed by atoms with Gasteiger partial charge in [0.25, 0.3) is 0 Å². The van der Waals surface area contributed by atoms with Gasteiger partial charge in [0.2, 0.25) is 0 Å². The van der Waals surface area contributed by atoms with E-state index in [0.29, 0.717) is 31.6 Å². The third kappa shape index (κ3) is 70.9. The first-order valence-electron chi connectivity index (χ1n) is 40.5. The molecular formula is C78H152O17P2. The molecule has 0 aromatic carbocycles. The van der Waals surface area contributed by atoms with E-state index in [4.69, 9.17) is 37.0 Å². The van der Waals surface area contributed by atoms with Gasteiger partial charge in [-0.3, -0.25) is 37.3 Å². The average Bonchev–Trinajstić information content (AvgIpc) is 1.50. The Balaban J connectivity index is 5.25.